The number of carbonyl (C=O) groups is 1. The number of alkyl halides is 3. The lowest BCUT2D eigenvalue weighted by Gasteiger charge is -2.18. The lowest BCUT2D eigenvalue weighted by atomic mass is 10.1. The van der Waals surface area contributed by atoms with Crippen molar-refractivity contribution in [2.75, 3.05) is 0 Å². The molecule has 0 heterocycles. The molecule has 2 nitrogen and oxygen atoms in total. The number of halogens is 3. The molecule has 0 spiro atoms. The maximum atomic E-state index is 12.0. The fraction of sp³-hybridized carbons (Fsp3) is 0.900. The summed E-state index contributed by atoms with van der Waals surface area (Å²) in [5.41, 5.74) is 0. The van der Waals surface area contributed by atoms with Gasteiger partial charge in [-0.05, 0) is 12.8 Å². The van der Waals surface area contributed by atoms with E-state index in [0.29, 0.717) is 12.8 Å². The summed E-state index contributed by atoms with van der Waals surface area (Å²) in [6.45, 7) is 3.85. The zero-order chi connectivity index (χ0) is 11.9. The van der Waals surface area contributed by atoms with Crippen molar-refractivity contribution >= 4 is 5.91 Å². The Balaban J connectivity index is 4.09. The Labute approximate surface area is 88.2 Å². The van der Waals surface area contributed by atoms with Crippen LogP contribution in [0.5, 0.6) is 0 Å². The van der Waals surface area contributed by atoms with Crippen LogP contribution < -0.4 is 5.32 Å². The predicted molar refractivity (Wildman–Crippen MR) is 52.4 cm³/mol. The van der Waals surface area contributed by atoms with Gasteiger partial charge in [-0.2, -0.15) is 13.2 Å². The standard InChI is InChI=1S/C10H18F3NO/c1-3-5-7-8(6-4-2)14-9(15)10(11,12)13/h8H,3-7H2,1-2H3,(H,14,15). The molecule has 0 saturated carbocycles. The maximum absolute atomic E-state index is 12.0. The normalized spacial score (nSPS) is 13.7. The number of amides is 1. The van der Waals surface area contributed by atoms with Crippen molar-refractivity contribution in [2.45, 2.75) is 58.2 Å². The Morgan fingerprint density at radius 3 is 2.20 bits per heavy atom. The van der Waals surface area contributed by atoms with E-state index in [0.717, 1.165) is 19.3 Å². The van der Waals surface area contributed by atoms with Crippen LogP contribution in [0.15, 0.2) is 0 Å². The van der Waals surface area contributed by atoms with Gasteiger partial charge < -0.3 is 5.32 Å². The molecule has 15 heavy (non-hydrogen) atoms. The van der Waals surface area contributed by atoms with Crippen molar-refractivity contribution < 1.29 is 18.0 Å². The molecule has 0 aromatic rings. The number of nitrogens with one attached hydrogen (secondary N) is 1. The summed E-state index contributed by atoms with van der Waals surface area (Å²) in [6.07, 6.45) is -1.02. The molecule has 1 unspecified atom stereocenters. The van der Waals surface area contributed by atoms with E-state index in [1.165, 1.54) is 0 Å². The second-order valence-corrected chi connectivity index (χ2v) is 3.60. The first kappa shape index (κ1) is 14.3. The minimum Gasteiger partial charge on any atom is -0.346 e. The first-order valence-electron chi connectivity index (χ1n) is 5.29. The van der Waals surface area contributed by atoms with Crippen LogP contribution in [0.2, 0.25) is 0 Å². The van der Waals surface area contributed by atoms with E-state index in [4.69, 9.17) is 0 Å². The minimum atomic E-state index is -4.77. The van der Waals surface area contributed by atoms with E-state index in [1.54, 1.807) is 0 Å². The Bertz CT molecular complexity index is 192. The van der Waals surface area contributed by atoms with E-state index >= 15 is 0 Å². The van der Waals surface area contributed by atoms with Crippen LogP contribution in [-0.4, -0.2) is 18.1 Å². The molecule has 0 fully saturated rings. The van der Waals surface area contributed by atoms with Gasteiger partial charge in [-0.25, -0.2) is 0 Å². The van der Waals surface area contributed by atoms with Crippen LogP contribution in [0.25, 0.3) is 0 Å². The number of carbonyl (C=O) groups excluding carboxylic acids is 1. The Morgan fingerprint density at radius 2 is 1.80 bits per heavy atom. The third-order valence-corrected chi connectivity index (χ3v) is 2.14. The molecule has 1 amide bonds. The molecular formula is C10H18F3NO. The van der Waals surface area contributed by atoms with Crippen molar-refractivity contribution in [2.24, 2.45) is 0 Å². The monoisotopic (exact) mass is 225 g/mol. The third kappa shape index (κ3) is 6.36. The van der Waals surface area contributed by atoms with Gasteiger partial charge in [-0.3, -0.25) is 4.79 Å². The highest BCUT2D eigenvalue weighted by molar-refractivity contribution is 5.81. The average molecular weight is 225 g/mol. The molecule has 0 rings (SSSR count). The van der Waals surface area contributed by atoms with Crippen LogP contribution >= 0.6 is 0 Å². The van der Waals surface area contributed by atoms with Crippen molar-refractivity contribution in [3.8, 4) is 0 Å². The van der Waals surface area contributed by atoms with Gasteiger partial charge in [0.1, 0.15) is 0 Å². The van der Waals surface area contributed by atoms with Gasteiger partial charge in [0.2, 0.25) is 0 Å². The summed E-state index contributed by atoms with van der Waals surface area (Å²) in [4.78, 5) is 10.7. The number of unbranched alkanes of at least 4 members (excludes halogenated alkanes) is 1. The lowest BCUT2D eigenvalue weighted by molar-refractivity contribution is -0.174. The quantitative estimate of drug-likeness (QED) is 0.739. The summed E-state index contributed by atoms with van der Waals surface area (Å²) in [5.74, 6) is -1.82. The molecule has 90 valence electrons. The molecule has 1 atom stereocenters. The van der Waals surface area contributed by atoms with Gasteiger partial charge in [0.15, 0.2) is 0 Å². The smallest absolute Gasteiger partial charge is 0.346 e. The van der Waals surface area contributed by atoms with Crippen molar-refractivity contribution in [3.63, 3.8) is 0 Å². The van der Waals surface area contributed by atoms with Gasteiger partial charge in [0.05, 0.1) is 0 Å². The molecule has 0 aliphatic heterocycles. The Morgan fingerprint density at radius 1 is 1.20 bits per heavy atom. The van der Waals surface area contributed by atoms with E-state index < -0.39 is 12.1 Å². The fourth-order valence-corrected chi connectivity index (χ4v) is 1.35. The van der Waals surface area contributed by atoms with Crippen LogP contribution in [0.4, 0.5) is 13.2 Å². The largest absolute Gasteiger partial charge is 0.471 e. The van der Waals surface area contributed by atoms with Crippen LogP contribution in [0.1, 0.15) is 46.0 Å². The third-order valence-electron chi connectivity index (χ3n) is 2.14. The number of rotatable bonds is 6. The van der Waals surface area contributed by atoms with Gasteiger partial charge in [-0.1, -0.05) is 33.1 Å². The predicted octanol–water partition coefficient (Wildman–Crippen LogP) is 3.02. The molecule has 0 aromatic carbocycles. The van der Waals surface area contributed by atoms with Gasteiger partial charge in [0, 0.05) is 6.04 Å². The lowest BCUT2D eigenvalue weighted by Crippen LogP contribution is -2.43. The summed E-state index contributed by atoms with van der Waals surface area (Å²) in [5, 5.41) is 2.03. The Kier molecular flexibility index (Phi) is 6.36. The second kappa shape index (κ2) is 6.69. The second-order valence-electron chi connectivity index (χ2n) is 3.60. The van der Waals surface area contributed by atoms with E-state index in [-0.39, 0.29) is 6.04 Å². The molecule has 1 N–H and O–H groups in total. The van der Waals surface area contributed by atoms with Crippen LogP contribution in [-0.2, 0) is 4.79 Å². The molecule has 0 radical (unpaired) electrons. The highest BCUT2D eigenvalue weighted by Crippen LogP contribution is 2.16. The van der Waals surface area contributed by atoms with Crippen molar-refractivity contribution in [3.05, 3.63) is 0 Å². The van der Waals surface area contributed by atoms with E-state index in [2.05, 4.69) is 0 Å². The fourth-order valence-electron chi connectivity index (χ4n) is 1.35. The molecule has 5 heteroatoms. The van der Waals surface area contributed by atoms with Crippen LogP contribution in [0.3, 0.4) is 0 Å². The summed E-state index contributed by atoms with van der Waals surface area (Å²) in [6, 6.07) is -0.343. The summed E-state index contributed by atoms with van der Waals surface area (Å²) in [7, 11) is 0. The van der Waals surface area contributed by atoms with Gasteiger partial charge in [-0.15, -0.1) is 0 Å². The highest BCUT2D eigenvalue weighted by atomic mass is 19.4. The van der Waals surface area contributed by atoms with Crippen LogP contribution in [0, 0.1) is 0 Å². The average Bonchev–Trinajstić information content (AvgIpc) is 2.13. The zero-order valence-corrected chi connectivity index (χ0v) is 9.16. The minimum absolute atomic E-state index is 0.343. The molecule has 0 saturated heterocycles. The summed E-state index contributed by atoms with van der Waals surface area (Å²) >= 11 is 0. The van der Waals surface area contributed by atoms with Gasteiger partial charge >= 0.3 is 12.1 Å². The molecule has 0 aliphatic rings. The Hall–Kier alpha value is -0.740. The maximum Gasteiger partial charge on any atom is 0.471 e. The molecule has 0 bridgehead atoms. The van der Waals surface area contributed by atoms with Crippen molar-refractivity contribution in [1.82, 2.24) is 5.32 Å². The molecular weight excluding hydrogens is 207 g/mol. The highest BCUT2D eigenvalue weighted by Gasteiger charge is 2.39. The number of hydrogen-bond donors (Lipinski definition) is 1. The number of hydrogen-bond acceptors (Lipinski definition) is 1. The first-order chi connectivity index (χ1) is 6.91. The first-order valence-corrected chi connectivity index (χ1v) is 5.29. The topological polar surface area (TPSA) is 29.1 Å². The molecule has 0 aromatic heterocycles. The van der Waals surface area contributed by atoms with Gasteiger partial charge in [0.25, 0.3) is 0 Å². The van der Waals surface area contributed by atoms with E-state index in [9.17, 15) is 18.0 Å². The van der Waals surface area contributed by atoms with Crippen molar-refractivity contribution in [1.29, 1.82) is 0 Å². The van der Waals surface area contributed by atoms with E-state index in [1.807, 2.05) is 19.2 Å². The zero-order valence-electron chi connectivity index (χ0n) is 9.16. The molecule has 0 aliphatic carbocycles. The summed E-state index contributed by atoms with van der Waals surface area (Å²) < 4.78 is 35.9. The SMILES string of the molecule is CCCCC(CCC)NC(=O)C(F)(F)F.